The molecule has 0 aliphatic heterocycles. The van der Waals surface area contributed by atoms with Crippen LogP contribution in [0.4, 0.5) is 0 Å². The van der Waals surface area contributed by atoms with Crippen LogP contribution in [0.2, 0.25) is 0 Å². The molecule has 2 aromatic rings. The quantitative estimate of drug-likeness (QED) is 0.757. The predicted octanol–water partition coefficient (Wildman–Crippen LogP) is 2.48. The Morgan fingerprint density at radius 3 is 2.88 bits per heavy atom. The molecule has 0 N–H and O–H groups in total. The molecule has 0 atom stereocenters. The van der Waals surface area contributed by atoms with Crippen LogP contribution in [0.3, 0.4) is 0 Å². The highest BCUT2D eigenvalue weighted by Gasteiger charge is 2.09. The number of aryl methyl sites for hydroxylation is 2. The van der Waals surface area contributed by atoms with Crippen LogP contribution in [0, 0.1) is 6.92 Å². The molecule has 2 rings (SSSR count). The zero-order valence-electron chi connectivity index (χ0n) is 10.1. The van der Waals surface area contributed by atoms with E-state index < -0.39 is 0 Å². The molecule has 0 saturated carbocycles. The summed E-state index contributed by atoms with van der Waals surface area (Å²) in [6.45, 7) is 4.95. The molecule has 17 heavy (non-hydrogen) atoms. The largest absolute Gasteiger partial charge is 0.298 e. The van der Waals surface area contributed by atoms with Crippen LogP contribution in [0.15, 0.2) is 24.4 Å². The third-order valence-corrected chi connectivity index (χ3v) is 2.72. The van der Waals surface area contributed by atoms with E-state index in [9.17, 15) is 4.79 Å². The summed E-state index contributed by atoms with van der Waals surface area (Å²) in [4.78, 5) is 10.7. The average Bonchev–Trinajstić information content (AvgIpc) is 2.77. The molecule has 88 valence electrons. The second kappa shape index (κ2) is 4.91. The summed E-state index contributed by atoms with van der Waals surface area (Å²) in [6.07, 6.45) is 3.64. The van der Waals surface area contributed by atoms with Crippen LogP contribution in [-0.4, -0.2) is 21.3 Å². The lowest BCUT2D eigenvalue weighted by Crippen LogP contribution is -2.02. The Hall–Kier alpha value is -1.97. The van der Waals surface area contributed by atoms with Crippen molar-refractivity contribution in [1.29, 1.82) is 0 Å². The Kier molecular flexibility index (Phi) is 3.32. The molecular formula is C13H15N3O. The van der Waals surface area contributed by atoms with Crippen molar-refractivity contribution >= 4 is 6.29 Å². The summed E-state index contributed by atoms with van der Waals surface area (Å²) < 4.78 is 1.89. The van der Waals surface area contributed by atoms with E-state index in [2.05, 4.69) is 17.2 Å². The van der Waals surface area contributed by atoms with E-state index in [1.54, 1.807) is 6.20 Å². The van der Waals surface area contributed by atoms with Gasteiger partial charge in [-0.05, 0) is 25.0 Å². The number of carbonyl (C=O) groups is 1. The Labute approximate surface area is 100 Å². The second-order valence-electron chi connectivity index (χ2n) is 4.03. The number of carbonyl (C=O) groups excluding carboxylic acids is 1. The topological polar surface area (TPSA) is 47.8 Å². The van der Waals surface area contributed by atoms with Gasteiger partial charge in [0.05, 0.1) is 11.9 Å². The van der Waals surface area contributed by atoms with Gasteiger partial charge in [-0.15, -0.1) is 5.10 Å². The van der Waals surface area contributed by atoms with Gasteiger partial charge in [0, 0.05) is 17.7 Å². The molecule has 0 amide bonds. The Morgan fingerprint density at radius 2 is 2.24 bits per heavy atom. The standard InChI is InChI=1S/C13H15N3O/c1-3-6-16-13(8-14-15-16)12-5-4-11(9-17)7-10(12)2/h4-5,7-9H,3,6H2,1-2H3. The van der Waals surface area contributed by atoms with Gasteiger partial charge in [-0.3, -0.25) is 4.79 Å². The van der Waals surface area contributed by atoms with E-state index in [0.29, 0.717) is 5.56 Å². The van der Waals surface area contributed by atoms with Crippen molar-refractivity contribution in [2.45, 2.75) is 26.8 Å². The van der Waals surface area contributed by atoms with Crippen molar-refractivity contribution in [1.82, 2.24) is 15.0 Å². The van der Waals surface area contributed by atoms with Gasteiger partial charge in [-0.2, -0.15) is 0 Å². The fourth-order valence-electron chi connectivity index (χ4n) is 1.89. The smallest absolute Gasteiger partial charge is 0.150 e. The summed E-state index contributed by atoms with van der Waals surface area (Å²) in [5, 5.41) is 8.01. The first-order valence-corrected chi connectivity index (χ1v) is 5.71. The first-order valence-electron chi connectivity index (χ1n) is 5.71. The minimum Gasteiger partial charge on any atom is -0.298 e. The van der Waals surface area contributed by atoms with Gasteiger partial charge in [-0.1, -0.05) is 24.3 Å². The van der Waals surface area contributed by atoms with E-state index in [-0.39, 0.29) is 0 Å². The minimum absolute atomic E-state index is 0.695. The maximum atomic E-state index is 10.7. The molecule has 4 heteroatoms. The molecule has 4 nitrogen and oxygen atoms in total. The molecule has 1 aromatic carbocycles. The highest BCUT2D eigenvalue weighted by molar-refractivity contribution is 5.77. The highest BCUT2D eigenvalue weighted by atomic mass is 16.1. The number of benzene rings is 1. The van der Waals surface area contributed by atoms with Gasteiger partial charge >= 0.3 is 0 Å². The van der Waals surface area contributed by atoms with Crippen molar-refractivity contribution < 1.29 is 4.79 Å². The zero-order chi connectivity index (χ0) is 12.3. The molecule has 0 bridgehead atoms. The van der Waals surface area contributed by atoms with Gasteiger partial charge in [0.15, 0.2) is 0 Å². The summed E-state index contributed by atoms with van der Waals surface area (Å²) in [5.74, 6) is 0. The van der Waals surface area contributed by atoms with Crippen LogP contribution >= 0.6 is 0 Å². The van der Waals surface area contributed by atoms with E-state index in [1.807, 2.05) is 29.8 Å². The number of aldehydes is 1. The first kappa shape index (κ1) is 11.5. The number of nitrogens with zero attached hydrogens (tertiary/aromatic N) is 3. The molecular weight excluding hydrogens is 214 g/mol. The van der Waals surface area contributed by atoms with Crippen molar-refractivity contribution in [2.24, 2.45) is 0 Å². The van der Waals surface area contributed by atoms with Crippen molar-refractivity contribution in [3.8, 4) is 11.3 Å². The van der Waals surface area contributed by atoms with Gasteiger partial charge in [0.25, 0.3) is 0 Å². The molecule has 1 aromatic heterocycles. The molecule has 0 aliphatic carbocycles. The number of aromatic nitrogens is 3. The molecule has 1 heterocycles. The SMILES string of the molecule is CCCn1nncc1-c1ccc(C=O)cc1C. The van der Waals surface area contributed by atoms with Crippen LogP contribution in [-0.2, 0) is 6.54 Å². The lowest BCUT2D eigenvalue weighted by atomic mass is 10.0. The van der Waals surface area contributed by atoms with Crippen LogP contribution < -0.4 is 0 Å². The Balaban J connectivity index is 2.45. The summed E-state index contributed by atoms with van der Waals surface area (Å²) >= 11 is 0. The average molecular weight is 229 g/mol. The minimum atomic E-state index is 0.695. The monoisotopic (exact) mass is 229 g/mol. The molecule has 0 unspecified atom stereocenters. The zero-order valence-corrected chi connectivity index (χ0v) is 10.1. The predicted molar refractivity (Wildman–Crippen MR) is 65.9 cm³/mol. The van der Waals surface area contributed by atoms with Crippen LogP contribution in [0.5, 0.6) is 0 Å². The van der Waals surface area contributed by atoms with E-state index >= 15 is 0 Å². The third-order valence-electron chi connectivity index (χ3n) is 2.72. The van der Waals surface area contributed by atoms with Crippen LogP contribution in [0.1, 0.15) is 29.3 Å². The van der Waals surface area contributed by atoms with Gasteiger partial charge in [-0.25, -0.2) is 4.68 Å². The Bertz CT molecular complexity index is 531. The number of hydrogen-bond acceptors (Lipinski definition) is 3. The fraction of sp³-hybridized carbons (Fsp3) is 0.308. The van der Waals surface area contributed by atoms with Crippen molar-refractivity contribution in [3.05, 3.63) is 35.5 Å². The van der Waals surface area contributed by atoms with Gasteiger partial charge in [0.2, 0.25) is 0 Å². The lowest BCUT2D eigenvalue weighted by molar-refractivity contribution is 0.112. The maximum absolute atomic E-state index is 10.7. The number of rotatable bonds is 4. The molecule has 0 radical (unpaired) electrons. The van der Waals surface area contributed by atoms with Crippen molar-refractivity contribution in [3.63, 3.8) is 0 Å². The summed E-state index contributed by atoms with van der Waals surface area (Å²) in [7, 11) is 0. The van der Waals surface area contributed by atoms with E-state index in [1.165, 1.54) is 0 Å². The molecule has 0 spiro atoms. The summed E-state index contributed by atoms with van der Waals surface area (Å²) in [5.41, 5.74) is 3.84. The summed E-state index contributed by atoms with van der Waals surface area (Å²) in [6, 6.07) is 5.65. The highest BCUT2D eigenvalue weighted by Crippen LogP contribution is 2.23. The third kappa shape index (κ3) is 2.25. The Morgan fingerprint density at radius 1 is 1.41 bits per heavy atom. The van der Waals surface area contributed by atoms with Crippen molar-refractivity contribution in [2.75, 3.05) is 0 Å². The molecule has 0 fully saturated rings. The molecule has 0 saturated heterocycles. The first-order chi connectivity index (χ1) is 8.26. The maximum Gasteiger partial charge on any atom is 0.150 e. The van der Waals surface area contributed by atoms with E-state index in [4.69, 9.17) is 0 Å². The van der Waals surface area contributed by atoms with Gasteiger partial charge in [0.1, 0.15) is 6.29 Å². The molecule has 0 aliphatic rings. The second-order valence-corrected chi connectivity index (χ2v) is 4.03. The fourth-order valence-corrected chi connectivity index (χ4v) is 1.89. The lowest BCUT2D eigenvalue weighted by Gasteiger charge is -2.08. The van der Waals surface area contributed by atoms with E-state index in [0.717, 1.165) is 36.1 Å². The van der Waals surface area contributed by atoms with Crippen LogP contribution in [0.25, 0.3) is 11.3 Å². The van der Waals surface area contributed by atoms with Gasteiger partial charge < -0.3 is 0 Å². The normalized spacial score (nSPS) is 10.5. The number of hydrogen-bond donors (Lipinski definition) is 0.